The Kier molecular flexibility index (Phi) is 5.46. The lowest BCUT2D eigenvalue weighted by atomic mass is 9.71. The van der Waals surface area contributed by atoms with Gasteiger partial charge >= 0.3 is 5.76 Å². The summed E-state index contributed by atoms with van der Waals surface area (Å²) >= 11 is 0. The first-order chi connectivity index (χ1) is 17.4. The quantitative estimate of drug-likeness (QED) is 0.536. The van der Waals surface area contributed by atoms with E-state index < -0.39 is 17.7 Å². The van der Waals surface area contributed by atoms with E-state index in [1.54, 1.807) is 6.07 Å². The third kappa shape index (κ3) is 3.90. The Labute approximate surface area is 208 Å². The smallest absolute Gasteiger partial charge is 0.405 e. The van der Waals surface area contributed by atoms with Crippen LogP contribution in [-0.4, -0.2) is 47.5 Å². The molecule has 188 valence electrons. The lowest BCUT2D eigenvalue weighted by Gasteiger charge is -2.47. The second kappa shape index (κ2) is 8.69. The maximum atomic E-state index is 12.8. The zero-order valence-corrected chi connectivity index (χ0v) is 20.1. The van der Waals surface area contributed by atoms with E-state index in [-0.39, 0.29) is 12.3 Å². The van der Waals surface area contributed by atoms with Crippen molar-refractivity contribution in [2.75, 3.05) is 41.7 Å². The number of nitrogens with one attached hydrogen (secondary N) is 1. The summed E-state index contributed by atoms with van der Waals surface area (Å²) in [5, 5.41) is 2.33. The van der Waals surface area contributed by atoms with E-state index in [1.807, 2.05) is 30.5 Å². The molecule has 0 saturated carbocycles. The predicted octanol–water partition coefficient (Wildman–Crippen LogP) is 2.44. The molecule has 1 spiro atoms. The van der Waals surface area contributed by atoms with Gasteiger partial charge in [0.25, 0.3) is 0 Å². The van der Waals surface area contributed by atoms with Crippen molar-refractivity contribution in [2.45, 2.75) is 44.6 Å². The number of nitrogen functional groups attached to an aromatic ring is 1. The second-order valence-electron chi connectivity index (χ2n) is 10.2. The maximum absolute atomic E-state index is 12.8. The summed E-state index contributed by atoms with van der Waals surface area (Å²) in [6.07, 6.45) is 6.78. The molecule has 3 aromatic rings. The number of aromatic nitrogens is 2. The Hall–Kier alpha value is -3.82. The number of oxazole rings is 1. The van der Waals surface area contributed by atoms with E-state index in [9.17, 15) is 14.4 Å². The number of imide groups is 1. The molecule has 2 aromatic heterocycles. The summed E-state index contributed by atoms with van der Waals surface area (Å²) < 4.78 is 7.10. The lowest BCUT2D eigenvalue weighted by Crippen LogP contribution is -2.47. The first-order valence-corrected chi connectivity index (χ1v) is 12.6. The van der Waals surface area contributed by atoms with Crippen LogP contribution in [0.15, 0.2) is 45.7 Å². The molecule has 10 heteroatoms. The van der Waals surface area contributed by atoms with Crippen molar-refractivity contribution in [3.8, 4) is 0 Å². The summed E-state index contributed by atoms with van der Waals surface area (Å²) in [4.78, 5) is 45.7. The van der Waals surface area contributed by atoms with Crippen LogP contribution < -0.4 is 26.6 Å². The van der Waals surface area contributed by atoms with E-state index in [2.05, 4.69) is 20.1 Å². The highest BCUT2D eigenvalue weighted by Crippen LogP contribution is 2.43. The minimum atomic E-state index is -0.738. The maximum Gasteiger partial charge on any atom is 0.420 e. The number of hydrogen-bond acceptors (Lipinski definition) is 8. The molecular weight excluding hydrogens is 460 g/mol. The average Bonchev–Trinajstić information content (AvgIpc) is 3.22. The molecule has 2 amide bonds. The van der Waals surface area contributed by atoms with Gasteiger partial charge in [-0.1, -0.05) is 6.07 Å². The predicted molar refractivity (Wildman–Crippen MR) is 136 cm³/mol. The van der Waals surface area contributed by atoms with Gasteiger partial charge in [-0.15, -0.1) is 0 Å². The summed E-state index contributed by atoms with van der Waals surface area (Å²) in [5.41, 5.74) is 9.17. The number of nitrogens with two attached hydrogens (primary N) is 1. The van der Waals surface area contributed by atoms with Crippen LogP contribution in [0.2, 0.25) is 0 Å². The van der Waals surface area contributed by atoms with Crippen molar-refractivity contribution in [2.24, 2.45) is 5.41 Å². The minimum Gasteiger partial charge on any atom is -0.405 e. The van der Waals surface area contributed by atoms with Crippen molar-refractivity contribution in [1.29, 1.82) is 0 Å². The van der Waals surface area contributed by atoms with Crippen LogP contribution in [-0.2, 0) is 9.59 Å². The van der Waals surface area contributed by atoms with Gasteiger partial charge in [0.2, 0.25) is 11.8 Å². The van der Waals surface area contributed by atoms with Crippen molar-refractivity contribution in [3.63, 3.8) is 0 Å². The SMILES string of the molecule is Nc1ccc(N2CCC3(CC2)CCN(c2cccc4c2oc(=O)n4C2CCC(=O)NC2=O)CC3)cn1. The number of pyridine rings is 1. The van der Waals surface area contributed by atoms with Gasteiger partial charge < -0.3 is 20.0 Å². The summed E-state index contributed by atoms with van der Waals surface area (Å²) in [5.74, 6) is -0.790. The normalized spacial score (nSPS) is 22.3. The molecule has 3 N–H and O–H groups in total. The number of para-hydroxylation sites is 1. The molecule has 3 aliphatic heterocycles. The van der Waals surface area contributed by atoms with Gasteiger partial charge in [0.15, 0.2) is 5.58 Å². The molecule has 10 nitrogen and oxygen atoms in total. The Balaban J connectivity index is 1.17. The fourth-order valence-corrected chi connectivity index (χ4v) is 6.06. The van der Waals surface area contributed by atoms with E-state index in [4.69, 9.17) is 10.2 Å². The van der Waals surface area contributed by atoms with Gasteiger partial charge in [0.1, 0.15) is 11.9 Å². The number of anilines is 3. The molecule has 36 heavy (non-hydrogen) atoms. The first kappa shape index (κ1) is 22.6. The first-order valence-electron chi connectivity index (χ1n) is 12.6. The second-order valence-corrected chi connectivity index (χ2v) is 10.2. The molecular formula is C26H30N6O4. The Morgan fingerprint density at radius 1 is 0.972 bits per heavy atom. The zero-order valence-electron chi connectivity index (χ0n) is 20.1. The molecule has 0 aliphatic carbocycles. The summed E-state index contributed by atoms with van der Waals surface area (Å²) in [7, 11) is 0. The molecule has 3 fully saturated rings. The molecule has 0 radical (unpaired) electrons. The third-order valence-corrected chi connectivity index (χ3v) is 8.27. The summed E-state index contributed by atoms with van der Waals surface area (Å²) in [6.45, 7) is 3.78. The van der Waals surface area contributed by atoms with Crippen LogP contribution >= 0.6 is 0 Å². The summed E-state index contributed by atoms with van der Waals surface area (Å²) in [6, 6.07) is 8.84. The van der Waals surface area contributed by atoms with Crippen LogP contribution in [0, 0.1) is 5.41 Å². The van der Waals surface area contributed by atoms with Gasteiger partial charge in [0.05, 0.1) is 23.1 Å². The van der Waals surface area contributed by atoms with Gasteiger partial charge in [-0.2, -0.15) is 0 Å². The molecule has 3 aliphatic rings. The van der Waals surface area contributed by atoms with Gasteiger partial charge in [0, 0.05) is 32.6 Å². The highest BCUT2D eigenvalue weighted by Gasteiger charge is 2.38. The Bertz CT molecular complexity index is 1360. The van der Waals surface area contributed by atoms with Crippen molar-refractivity contribution < 1.29 is 14.0 Å². The van der Waals surface area contributed by atoms with Gasteiger partial charge in [-0.05, 0) is 61.8 Å². The molecule has 1 atom stereocenters. The minimum absolute atomic E-state index is 0.204. The Morgan fingerprint density at radius 3 is 2.36 bits per heavy atom. The highest BCUT2D eigenvalue weighted by atomic mass is 16.4. The number of nitrogens with zero attached hydrogens (tertiary/aromatic N) is 4. The van der Waals surface area contributed by atoms with Gasteiger partial charge in [-0.25, -0.2) is 9.78 Å². The van der Waals surface area contributed by atoms with Gasteiger partial charge in [-0.3, -0.25) is 19.5 Å². The molecule has 6 rings (SSSR count). The average molecular weight is 491 g/mol. The molecule has 0 bridgehead atoms. The molecule has 1 unspecified atom stereocenters. The monoisotopic (exact) mass is 490 g/mol. The van der Waals surface area contributed by atoms with Crippen LogP contribution in [0.4, 0.5) is 17.2 Å². The van der Waals surface area contributed by atoms with Crippen LogP contribution in [0.5, 0.6) is 0 Å². The lowest BCUT2D eigenvalue weighted by molar-refractivity contribution is -0.135. The number of amides is 2. The molecule has 1 aromatic carbocycles. The van der Waals surface area contributed by atoms with E-state index in [1.165, 1.54) is 4.57 Å². The number of hydrogen-bond donors (Lipinski definition) is 2. The van der Waals surface area contributed by atoms with Crippen molar-refractivity contribution in [1.82, 2.24) is 14.9 Å². The van der Waals surface area contributed by atoms with Crippen LogP contribution in [0.1, 0.15) is 44.6 Å². The van der Waals surface area contributed by atoms with E-state index in [0.29, 0.717) is 28.8 Å². The number of carbonyl (C=O) groups excluding carboxylic acids is 2. The Morgan fingerprint density at radius 2 is 1.69 bits per heavy atom. The third-order valence-electron chi connectivity index (χ3n) is 8.27. The number of piperidine rings is 3. The van der Waals surface area contributed by atoms with Crippen molar-refractivity contribution in [3.05, 3.63) is 47.1 Å². The van der Waals surface area contributed by atoms with E-state index >= 15 is 0 Å². The topological polar surface area (TPSA) is 127 Å². The standard InChI is InChI=1S/C26H30N6O4/c27-21-6-4-17(16-28-21)30-12-8-26(9-13-30)10-14-31(15-11-26)18-2-1-3-19-23(18)36-25(35)32(19)20-5-7-22(33)29-24(20)34/h1-4,6,16,20H,5,7-15H2,(H2,27,28)(H,29,33,34). The fourth-order valence-electron chi connectivity index (χ4n) is 6.06. The molecule has 3 saturated heterocycles. The number of carbonyl (C=O) groups is 2. The fraction of sp³-hybridized carbons (Fsp3) is 0.462. The van der Waals surface area contributed by atoms with Crippen molar-refractivity contribution >= 4 is 40.1 Å². The van der Waals surface area contributed by atoms with E-state index in [0.717, 1.165) is 63.2 Å². The highest BCUT2D eigenvalue weighted by molar-refractivity contribution is 6.00. The number of rotatable bonds is 3. The number of fused-ring (bicyclic) bond motifs is 1. The van der Waals surface area contributed by atoms with Crippen LogP contribution in [0.3, 0.4) is 0 Å². The largest absolute Gasteiger partial charge is 0.420 e. The molecule has 5 heterocycles. The zero-order chi connectivity index (χ0) is 24.9. The van der Waals surface area contributed by atoms with Crippen LogP contribution in [0.25, 0.3) is 11.1 Å². The number of benzene rings is 1.